The Bertz CT molecular complexity index is 449. The number of benzene rings is 1. The SMILES string of the molecule is CSc1ccc(Cl)c(C(=O)NCC(Cl)C2CC2)c1. The monoisotopic (exact) mass is 303 g/mol. The normalized spacial score (nSPS) is 16.4. The van der Waals surface area contributed by atoms with Crippen LogP contribution in [-0.2, 0) is 0 Å². The van der Waals surface area contributed by atoms with E-state index in [2.05, 4.69) is 5.32 Å². The Kier molecular flexibility index (Phi) is 4.82. The number of alkyl halides is 1. The van der Waals surface area contributed by atoms with Gasteiger partial charge in [-0.15, -0.1) is 23.4 Å². The minimum Gasteiger partial charge on any atom is -0.350 e. The molecule has 0 aliphatic heterocycles. The van der Waals surface area contributed by atoms with E-state index in [1.54, 1.807) is 17.8 Å². The number of halogens is 2. The second-order valence-electron chi connectivity index (χ2n) is 4.41. The van der Waals surface area contributed by atoms with Crippen molar-refractivity contribution in [3.8, 4) is 0 Å². The Morgan fingerprint density at radius 1 is 1.56 bits per heavy atom. The maximum absolute atomic E-state index is 12.0. The highest BCUT2D eigenvalue weighted by atomic mass is 35.5. The number of thioether (sulfide) groups is 1. The molecule has 0 radical (unpaired) electrons. The van der Waals surface area contributed by atoms with Crippen LogP contribution in [0.1, 0.15) is 23.2 Å². The molecule has 1 saturated carbocycles. The van der Waals surface area contributed by atoms with Gasteiger partial charge in [0.1, 0.15) is 0 Å². The molecule has 98 valence electrons. The van der Waals surface area contributed by atoms with E-state index in [4.69, 9.17) is 23.2 Å². The number of rotatable bonds is 5. The Hall–Kier alpha value is -0.380. The third-order valence-electron chi connectivity index (χ3n) is 3.01. The Labute approximate surface area is 121 Å². The first-order valence-corrected chi connectivity index (χ1v) is 7.91. The summed E-state index contributed by atoms with van der Waals surface area (Å²) in [6.45, 7) is 0.505. The largest absolute Gasteiger partial charge is 0.350 e. The fraction of sp³-hybridized carbons (Fsp3) is 0.462. The highest BCUT2D eigenvalue weighted by Gasteiger charge is 2.29. The molecule has 1 N–H and O–H groups in total. The summed E-state index contributed by atoms with van der Waals surface area (Å²) in [5, 5.41) is 3.36. The first-order valence-electron chi connectivity index (χ1n) is 5.87. The van der Waals surface area contributed by atoms with Gasteiger partial charge in [-0.25, -0.2) is 0 Å². The van der Waals surface area contributed by atoms with E-state index in [-0.39, 0.29) is 11.3 Å². The number of nitrogens with one attached hydrogen (secondary N) is 1. The minimum absolute atomic E-state index is 0.0384. The Morgan fingerprint density at radius 3 is 2.89 bits per heavy atom. The third-order valence-corrected chi connectivity index (χ3v) is 4.57. The van der Waals surface area contributed by atoms with Gasteiger partial charge in [-0.2, -0.15) is 0 Å². The van der Waals surface area contributed by atoms with E-state index in [1.807, 2.05) is 18.4 Å². The Balaban J connectivity index is 1.98. The highest BCUT2D eigenvalue weighted by molar-refractivity contribution is 7.98. The zero-order valence-electron chi connectivity index (χ0n) is 10.1. The lowest BCUT2D eigenvalue weighted by Gasteiger charge is -2.11. The van der Waals surface area contributed by atoms with Crippen LogP contribution in [0.4, 0.5) is 0 Å². The van der Waals surface area contributed by atoms with Crippen LogP contribution in [0, 0.1) is 5.92 Å². The van der Waals surface area contributed by atoms with Crippen molar-refractivity contribution in [1.29, 1.82) is 0 Å². The zero-order valence-corrected chi connectivity index (χ0v) is 12.4. The van der Waals surface area contributed by atoms with E-state index >= 15 is 0 Å². The quantitative estimate of drug-likeness (QED) is 0.662. The molecule has 1 unspecified atom stereocenters. The van der Waals surface area contributed by atoms with E-state index in [1.165, 1.54) is 12.8 Å². The van der Waals surface area contributed by atoms with Crippen LogP contribution < -0.4 is 5.32 Å². The number of carbonyl (C=O) groups is 1. The molecule has 1 amide bonds. The van der Waals surface area contributed by atoms with Crippen molar-refractivity contribution < 1.29 is 4.79 Å². The second-order valence-corrected chi connectivity index (χ2v) is 6.26. The molecule has 1 fully saturated rings. The molecule has 1 aliphatic carbocycles. The predicted molar refractivity (Wildman–Crippen MR) is 77.9 cm³/mol. The van der Waals surface area contributed by atoms with Crippen LogP contribution in [-0.4, -0.2) is 24.1 Å². The van der Waals surface area contributed by atoms with Crippen LogP contribution in [0.2, 0.25) is 5.02 Å². The first-order chi connectivity index (χ1) is 8.61. The molecule has 1 atom stereocenters. The lowest BCUT2D eigenvalue weighted by molar-refractivity contribution is 0.0953. The number of hydrogen-bond acceptors (Lipinski definition) is 2. The average Bonchev–Trinajstić information content (AvgIpc) is 3.20. The molecule has 0 spiro atoms. The van der Waals surface area contributed by atoms with Crippen LogP contribution in [0.25, 0.3) is 0 Å². The molecule has 0 saturated heterocycles. The second kappa shape index (κ2) is 6.18. The van der Waals surface area contributed by atoms with Crippen molar-refractivity contribution in [3.05, 3.63) is 28.8 Å². The average molecular weight is 304 g/mol. The third kappa shape index (κ3) is 3.56. The molecule has 2 nitrogen and oxygen atoms in total. The lowest BCUT2D eigenvalue weighted by atomic mass is 10.2. The van der Waals surface area contributed by atoms with Gasteiger partial charge in [-0.05, 0) is 43.2 Å². The van der Waals surface area contributed by atoms with Gasteiger partial charge in [-0.1, -0.05) is 11.6 Å². The molecular weight excluding hydrogens is 289 g/mol. The van der Waals surface area contributed by atoms with Crippen LogP contribution in [0.3, 0.4) is 0 Å². The van der Waals surface area contributed by atoms with Gasteiger partial charge in [0, 0.05) is 11.4 Å². The van der Waals surface area contributed by atoms with E-state index in [0.29, 0.717) is 23.0 Å². The summed E-state index contributed by atoms with van der Waals surface area (Å²) < 4.78 is 0. The number of hydrogen-bond donors (Lipinski definition) is 1. The standard InChI is InChI=1S/C13H15Cl2NOS/c1-18-9-4-5-11(14)10(6-9)13(17)16-7-12(15)8-2-3-8/h4-6,8,12H,2-3,7H2,1H3,(H,16,17). The molecule has 0 heterocycles. The maximum Gasteiger partial charge on any atom is 0.252 e. The van der Waals surface area contributed by atoms with Gasteiger partial charge in [0.05, 0.1) is 16.0 Å². The van der Waals surface area contributed by atoms with Gasteiger partial charge in [0.15, 0.2) is 0 Å². The topological polar surface area (TPSA) is 29.1 Å². The molecule has 1 aliphatic rings. The first kappa shape index (κ1) is 14.0. The summed E-state index contributed by atoms with van der Waals surface area (Å²) >= 11 is 13.8. The van der Waals surface area contributed by atoms with Crippen molar-refractivity contribution >= 4 is 40.9 Å². The van der Waals surface area contributed by atoms with Crippen LogP contribution in [0.5, 0.6) is 0 Å². The maximum atomic E-state index is 12.0. The number of amides is 1. The van der Waals surface area contributed by atoms with Gasteiger partial charge in [-0.3, -0.25) is 4.79 Å². The summed E-state index contributed by atoms with van der Waals surface area (Å²) in [6, 6.07) is 5.46. The molecule has 1 aromatic carbocycles. The Morgan fingerprint density at radius 2 is 2.28 bits per heavy atom. The fourth-order valence-corrected chi connectivity index (χ4v) is 2.69. The van der Waals surface area contributed by atoms with Gasteiger partial charge >= 0.3 is 0 Å². The van der Waals surface area contributed by atoms with E-state index < -0.39 is 0 Å². The molecule has 5 heteroatoms. The summed E-state index contributed by atoms with van der Waals surface area (Å²) in [7, 11) is 0. The summed E-state index contributed by atoms with van der Waals surface area (Å²) in [5.41, 5.74) is 0.517. The molecule has 0 aromatic heterocycles. The van der Waals surface area contributed by atoms with Gasteiger partial charge < -0.3 is 5.32 Å². The fourth-order valence-electron chi connectivity index (χ4n) is 1.72. The molecule has 2 rings (SSSR count). The van der Waals surface area contributed by atoms with Crippen molar-refractivity contribution in [1.82, 2.24) is 5.32 Å². The summed E-state index contributed by atoms with van der Waals surface area (Å²) in [6.07, 6.45) is 4.31. The van der Waals surface area contributed by atoms with Crippen LogP contribution in [0.15, 0.2) is 23.1 Å². The minimum atomic E-state index is -0.151. The van der Waals surface area contributed by atoms with Crippen molar-refractivity contribution in [2.75, 3.05) is 12.8 Å². The van der Waals surface area contributed by atoms with Gasteiger partial charge in [0.25, 0.3) is 5.91 Å². The van der Waals surface area contributed by atoms with E-state index in [9.17, 15) is 4.79 Å². The molecular formula is C13H15Cl2NOS. The molecule has 18 heavy (non-hydrogen) atoms. The highest BCUT2D eigenvalue weighted by Crippen LogP contribution is 2.35. The van der Waals surface area contributed by atoms with Crippen molar-refractivity contribution in [3.63, 3.8) is 0 Å². The lowest BCUT2D eigenvalue weighted by Crippen LogP contribution is -2.30. The van der Waals surface area contributed by atoms with Crippen molar-refractivity contribution in [2.45, 2.75) is 23.1 Å². The smallest absolute Gasteiger partial charge is 0.252 e. The summed E-state index contributed by atoms with van der Waals surface area (Å²) in [5.74, 6) is 0.419. The van der Waals surface area contributed by atoms with Gasteiger partial charge in [0.2, 0.25) is 0 Å². The number of carbonyl (C=O) groups excluding carboxylic acids is 1. The summed E-state index contributed by atoms with van der Waals surface area (Å²) in [4.78, 5) is 13.0. The molecule has 1 aromatic rings. The predicted octanol–water partition coefficient (Wildman–Crippen LogP) is 3.81. The molecule has 0 bridgehead atoms. The van der Waals surface area contributed by atoms with Crippen LogP contribution >= 0.6 is 35.0 Å². The van der Waals surface area contributed by atoms with Crippen molar-refractivity contribution in [2.24, 2.45) is 5.92 Å². The van der Waals surface area contributed by atoms with E-state index in [0.717, 1.165) is 4.90 Å². The zero-order chi connectivity index (χ0) is 13.1.